The summed E-state index contributed by atoms with van der Waals surface area (Å²) in [5, 5.41) is 6.33. The van der Waals surface area contributed by atoms with Gasteiger partial charge in [-0.25, -0.2) is 4.39 Å². The number of nitrogens with zero attached hydrogens (tertiary/aromatic N) is 1. The van der Waals surface area contributed by atoms with E-state index in [0.29, 0.717) is 18.1 Å². The number of hydrogen-bond acceptors (Lipinski definition) is 2. The van der Waals surface area contributed by atoms with Gasteiger partial charge in [0.25, 0.3) is 0 Å². The first-order chi connectivity index (χ1) is 10.7. The maximum absolute atomic E-state index is 13.7. The van der Waals surface area contributed by atoms with Crippen molar-refractivity contribution in [1.29, 1.82) is 0 Å². The summed E-state index contributed by atoms with van der Waals surface area (Å²) in [5.74, 6) is -0.0611. The first kappa shape index (κ1) is 18.9. The normalized spacial score (nSPS) is 13.6. The van der Waals surface area contributed by atoms with Crippen molar-refractivity contribution in [2.24, 2.45) is 16.1 Å². The molecule has 0 saturated heterocycles. The van der Waals surface area contributed by atoms with Crippen LogP contribution in [-0.2, 0) is 4.79 Å². The molecule has 0 saturated carbocycles. The molecular weight excluding hydrogens is 295 g/mol. The van der Waals surface area contributed by atoms with Crippen LogP contribution < -0.4 is 16.4 Å². The Kier molecular flexibility index (Phi) is 6.54. The van der Waals surface area contributed by atoms with Gasteiger partial charge in [-0.05, 0) is 51.8 Å². The van der Waals surface area contributed by atoms with E-state index in [1.165, 1.54) is 6.07 Å². The van der Waals surface area contributed by atoms with Gasteiger partial charge in [0.05, 0.1) is 18.0 Å². The number of nitrogens with two attached hydrogens (primary N) is 1. The van der Waals surface area contributed by atoms with Crippen molar-refractivity contribution >= 4 is 11.9 Å². The lowest BCUT2D eigenvalue weighted by Gasteiger charge is -2.21. The number of aliphatic imine (C=N–C) groups is 1. The SMILES string of the molecule is CCNC(=NCC(C)(C)C(N)=O)NC(C)c1ccc(C)c(F)c1. The Balaban J connectivity index is 2.85. The lowest BCUT2D eigenvalue weighted by Crippen LogP contribution is -2.41. The van der Waals surface area contributed by atoms with E-state index in [1.54, 1.807) is 26.8 Å². The molecule has 0 heterocycles. The fourth-order valence-electron chi connectivity index (χ4n) is 1.84. The molecule has 0 fully saturated rings. The third-order valence-electron chi connectivity index (χ3n) is 3.69. The van der Waals surface area contributed by atoms with Crippen molar-refractivity contribution in [2.45, 2.75) is 40.7 Å². The summed E-state index contributed by atoms with van der Waals surface area (Å²) >= 11 is 0. The van der Waals surface area contributed by atoms with Crippen LogP contribution in [0.2, 0.25) is 0 Å². The van der Waals surface area contributed by atoms with Gasteiger partial charge in [0.2, 0.25) is 5.91 Å². The number of hydrogen-bond donors (Lipinski definition) is 3. The molecule has 1 amide bonds. The van der Waals surface area contributed by atoms with Crippen molar-refractivity contribution < 1.29 is 9.18 Å². The van der Waals surface area contributed by atoms with Crippen LogP contribution in [0, 0.1) is 18.2 Å². The zero-order chi connectivity index (χ0) is 17.6. The standard InChI is InChI=1S/C17H27FN4O/c1-6-20-16(21-10-17(4,5)15(19)23)22-12(3)13-8-7-11(2)14(18)9-13/h7-9,12H,6,10H2,1-5H3,(H2,19,23)(H2,20,21,22). The van der Waals surface area contributed by atoms with Gasteiger partial charge in [0.15, 0.2) is 5.96 Å². The van der Waals surface area contributed by atoms with Crippen molar-refractivity contribution in [1.82, 2.24) is 10.6 Å². The molecule has 0 aliphatic rings. The summed E-state index contributed by atoms with van der Waals surface area (Å²) in [5.41, 5.74) is 6.08. The molecule has 5 nitrogen and oxygen atoms in total. The molecule has 1 rings (SSSR count). The average molecular weight is 322 g/mol. The minimum absolute atomic E-state index is 0.125. The Morgan fingerprint density at radius 1 is 1.43 bits per heavy atom. The van der Waals surface area contributed by atoms with Crippen LogP contribution in [0.4, 0.5) is 4.39 Å². The molecule has 0 radical (unpaired) electrons. The van der Waals surface area contributed by atoms with E-state index >= 15 is 0 Å². The molecule has 4 N–H and O–H groups in total. The lowest BCUT2D eigenvalue weighted by molar-refractivity contribution is -0.125. The van der Waals surface area contributed by atoms with E-state index in [1.807, 2.05) is 19.9 Å². The number of rotatable bonds is 6. The third-order valence-corrected chi connectivity index (χ3v) is 3.69. The molecule has 0 aliphatic carbocycles. The van der Waals surface area contributed by atoms with Gasteiger partial charge in [-0.2, -0.15) is 0 Å². The zero-order valence-electron chi connectivity index (χ0n) is 14.5. The highest BCUT2D eigenvalue weighted by molar-refractivity contribution is 5.82. The van der Waals surface area contributed by atoms with Gasteiger partial charge in [0, 0.05) is 6.54 Å². The third kappa shape index (κ3) is 5.54. The van der Waals surface area contributed by atoms with E-state index in [4.69, 9.17) is 5.73 Å². The number of guanidine groups is 1. The van der Waals surface area contributed by atoms with Gasteiger partial charge >= 0.3 is 0 Å². The molecule has 0 aromatic heterocycles. The number of benzene rings is 1. The molecule has 23 heavy (non-hydrogen) atoms. The summed E-state index contributed by atoms with van der Waals surface area (Å²) in [6.45, 7) is 10.1. The predicted octanol–water partition coefficient (Wildman–Crippen LogP) is 2.26. The van der Waals surface area contributed by atoms with Crippen LogP contribution in [0.1, 0.15) is 44.9 Å². The van der Waals surface area contributed by atoms with Crippen LogP contribution in [-0.4, -0.2) is 25.0 Å². The minimum Gasteiger partial charge on any atom is -0.369 e. The second-order valence-corrected chi connectivity index (χ2v) is 6.32. The number of carbonyl (C=O) groups is 1. The molecule has 1 aromatic carbocycles. The largest absolute Gasteiger partial charge is 0.369 e. The van der Waals surface area contributed by atoms with E-state index in [-0.39, 0.29) is 18.4 Å². The smallest absolute Gasteiger partial charge is 0.224 e. The Morgan fingerprint density at radius 2 is 2.09 bits per heavy atom. The zero-order valence-corrected chi connectivity index (χ0v) is 14.5. The Labute approximate surface area is 137 Å². The number of carbonyl (C=O) groups excluding carboxylic acids is 1. The van der Waals surface area contributed by atoms with Crippen molar-refractivity contribution in [3.8, 4) is 0 Å². The second-order valence-electron chi connectivity index (χ2n) is 6.32. The van der Waals surface area contributed by atoms with Crippen molar-refractivity contribution in [2.75, 3.05) is 13.1 Å². The lowest BCUT2D eigenvalue weighted by atomic mass is 9.93. The van der Waals surface area contributed by atoms with Crippen molar-refractivity contribution in [3.05, 3.63) is 35.1 Å². The van der Waals surface area contributed by atoms with Gasteiger partial charge in [-0.3, -0.25) is 9.79 Å². The fourth-order valence-corrected chi connectivity index (χ4v) is 1.84. The summed E-state index contributed by atoms with van der Waals surface area (Å²) in [6.07, 6.45) is 0. The number of primary amides is 1. The van der Waals surface area contributed by atoms with E-state index < -0.39 is 11.3 Å². The Bertz CT molecular complexity index is 584. The molecule has 1 atom stereocenters. The molecule has 0 aliphatic heterocycles. The number of amides is 1. The summed E-state index contributed by atoms with van der Waals surface area (Å²) in [4.78, 5) is 15.8. The first-order valence-electron chi connectivity index (χ1n) is 7.78. The van der Waals surface area contributed by atoms with E-state index in [9.17, 15) is 9.18 Å². The number of halogens is 1. The molecule has 1 aromatic rings. The van der Waals surface area contributed by atoms with Gasteiger partial charge in [-0.1, -0.05) is 12.1 Å². The Morgan fingerprint density at radius 3 is 2.61 bits per heavy atom. The number of nitrogens with one attached hydrogen (secondary N) is 2. The van der Waals surface area contributed by atoms with Crippen LogP contribution >= 0.6 is 0 Å². The topological polar surface area (TPSA) is 79.5 Å². The molecule has 128 valence electrons. The average Bonchev–Trinajstić information content (AvgIpc) is 2.47. The highest BCUT2D eigenvalue weighted by atomic mass is 19.1. The predicted molar refractivity (Wildman–Crippen MR) is 91.6 cm³/mol. The Hall–Kier alpha value is -2.11. The van der Waals surface area contributed by atoms with Crippen molar-refractivity contribution in [3.63, 3.8) is 0 Å². The first-order valence-corrected chi connectivity index (χ1v) is 7.78. The molecule has 0 spiro atoms. The summed E-state index contributed by atoms with van der Waals surface area (Å²) in [7, 11) is 0. The van der Waals surface area contributed by atoms with Gasteiger partial charge < -0.3 is 16.4 Å². The van der Waals surface area contributed by atoms with E-state index in [0.717, 1.165) is 5.56 Å². The highest BCUT2D eigenvalue weighted by Gasteiger charge is 2.24. The maximum atomic E-state index is 13.7. The number of aryl methyl sites for hydroxylation is 1. The molecular formula is C17H27FN4O. The van der Waals surface area contributed by atoms with Gasteiger partial charge in [-0.15, -0.1) is 0 Å². The monoisotopic (exact) mass is 322 g/mol. The minimum atomic E-state index is -0.721. The highest BCUT2D eigenvalue weighted by Crippen LogP contribution is 2.17. The summed E-state index contributed by atoms with van der Waals surface area (Å²) < 4.78 is 13.7. The van der Waals surface area contributed by atoms with Crippen LogP contribution in [0.15, 0.2) is 23.2 Å². The second kappa shape index (κ2) is 7.94. The molecule has 6 heteroatoms. The van der Waals surface area contributed by atoms with Crippen LogP contribution in [0.25, 0.3) is 0 Å². The van der Waals surface area contributed by atoms with E-state index in [2.05, 4.69) is 15.6 Å². The quantitative estimate of drug-likeness (QED) is 0.555. The van der Waals surface area contributed by atoms with Gasteiger partial charge in [0.1, 0.15) is 5.82 Å². The molecule has 1 unspecified atom stereocenters. The maximum Gasteiger partial charge on any atom is 0.224 e. The van der Waals surface area contributed by atoms with Crippen LogP contribution in [0.3, 0.4) is 0 Å². The van der Waals surface area contributed by atoms with Crippen LogP contribution in [0.5, 0.6) is 0 Å². The fraction of sp³-hybridized carbons (Fsp3) is 0.529. The summed E-state index contributed by atoms with van der Waals surface area (Å²) in [6, 6.07) is 5.03. The molecule has 0 bridgehead atoms.